The fourth-order valence-corrected chi connectivity index (χ4v) is 1.25. The number of amides is 1. The lowest BCUT2D eigenvalue weighted by molar-refractivity contribution is -0.0967. The van der Waals surface area contributed by atoms with Crippen molar-refractivity contribution in [1.82, 2.24) is 5.06 Å². The summed E-state index contributed by atoms with van der Waals surface area (Å²) in [5.74, 6) is 0.941. The molecule has 1 atom stereocenters. The van der Waals surface area contributed by atoms with E-state index in [1.807, 2.05) is 0 Å². The van der Waals surface area contributed by atoms with Crippen LogP contribution >= 0.6 is 11.6 Å². The summed E-state index contributed by atoms with van der Waals surface area (Å²) < 4.78 is 4.75. The molecule has 0 aliphatic carbocycles. The van der Waals surface area contributed by atoms with Crippen LogP contribution in [0.15, 0.2) is 24.1 Å². The second kappa shape index (κ2) is 5.50. The lowest BCUT2D eigenvalue weighted by Gasteiger charge is -2.26. The van der Waals surface area contributed by atoms with Crippen molar-refractivity contribution in [2.24, 2.45) is 5.73 Å². The van der Waals surface area contributed by atoms with Crippen molar-refractivity contribution in [2.75, 3.05) is 12.4 Å². The number of ether oxygens (including phenoxy) is 1. The molecule has 15 heavy (non-hydrogen) atoms. The molecule has 1 heterocycles. The van der Waals surface area contributed by atoms with E-state index in [-0.39, 0.29) is 6.10 Å². The van der Waals surface area contributed by atoms with Gasteiger partial charge in [0.25, 0.3) is 0 Å². The number of allylic oxidation sites excluding steroid dienone is 3. The number of rotatable bonds is 4. The van der Waals surface area contributed by atoms with Crippen LogP contribution in [0.5, 0.6) is 0 Å². The average Bonchev–Trinajstić information content (AvgIpc) is 2.16. The van der Waals surface area contributed by atoms with Crippen LogP contribution in [-0.4, -0.2) is 29.7 Å². The van der Waals surface area contributed by atoms with Gasteiger partial charge < -0.3 is 15.3 Å². The maximum Gasteiger partial charge on any atom is 0.404 e. The molecule has 0 aromatic carbocycles. The van der Waals surface area contributed by atoms with E-state index in [0.29, 0.717) is 18.2 Å². The van der Waals surface area contributed by atoms with Crippen LogP contribution in [-0.2, 0) is 9.57 Å². The fraction of sp³-hybridized carbons (Fsp3) is 0.444. The molecule has 84 valence electrons. The molecule has 0 bridgehead atoms. The molecule has 0 radical (unpaired) electrons. The van der Waals surface area contributed by atoms with E-state index in [2.05, 4.69) is 0 Å². The van der Waals surface area contributed by atoms with Crippen molar-refractivity contribution < 1.29 is 14.4 Å². The second-order valence-electron chi connectivity index (χ2n) is 3.05. The lowest BCUT2D eigenvalue weighted by atomic mass is 10.4. The minimum Gasteiger partial charge on any atom is -0.445 e. The van der Waals surface area contributed by atoms with E-state index >= 15 is 0 Å². The smallest absolute Gasteiger partial charge is 0.404 e. The molecule has 1 rings (SSSR count). The summed E-state index contributed by atoms with van der Waals surface area (Å²) in [7, 11) is 0. The summed E-state index contributed by atoms with van der Waals surface area (Å²) >= 11 is 5.61. The number of primary amides is 1. The van der Waals surface area contributed by atoms with Crippen molar-refractivity contribution >= 4 is 17.7 Å². The van der Waals surface area contributed by atoms with Crippen molar-refractivity contribution in [2.45, 2.75) is 13.0 Å². The summed E-state index contributed by atoms with van der Waals surface area (Å²) in [6.45, 7) is 2.12. The van der Waals surface area contributed by atoms with Crippen LogP contribution in [0.1, 0.15) is 6.92 Å². The summed E-state index contributed by atoms with van der Waals surface area (Å²) in [5, 5.41) is 1.53. The van der Waals surface area contributed by atoms with Gasteiger partial charge in [-0.15, -0.1) is 11.6 Å². The van der Waals surface area contributed by atoms with E-state index in [1.165, 1.54) is 5.06 Å². The van der Waals surface area contributed by atoms with E-state index in [1.54, 1.807) is 25.3 Å². The number of hydroxylamine groups is 2. The molecule has 0 aromatic heterocycles. The molecule has 2 N–H and O–H groups in total. The number of halogens is 1. The van der Waals surface area contributed by atoms with Gasteiger partial charge in [0.15, 0.2) is 0 Å². The van der Waals surface area contributed by atoms with Gasteiger partial charge in [0.2, 0.25) is 0 Å². The maximum absolute atomic E-state index is 10.5. The van der Waals surface area contributed by atoms with E-state index < -0.39 is 6.09 Å². The zero-order valence-electron chi connectivity index (χ0n) is 8.35. The van der Waals surface area contributed by atoms with Gasteiger partial charge in [0.05, 0.1) is 12.4 Å². The largest absolute Gasteiger partial charge is 0.445 e. The van der Waals surface area contributed by atoms with E-state index in [9.17, 15) is 4.79 Å². The third-order valence-corrected chi connectivity index (χ3v) is 1.92. The van der Waals surface area contributed by atoms with Gasteiger partial charge in [-0.3, -0.25) is 0 Å². The van der Waals surface area contributed by atoms with Gasteiger partial charge in [-0.1, -0.05) is 0 Å². The van der Waals surface area contributed by atoms with Crippen LogP contribution < -0.4 is 5.73 Å². The molecule has 0 spiro atoms. The molecule has 0 fully saturated rings. The van der Waals surface area contributed by atoms with Gasteiger partial charge in [-0.05, 0) is 19.1 Å². The Balaban J connectivity index is 2.37. The second-order valence-corrected chi connectivity index (χ2v) is 3.31. The Bertz CT molecular complexity index is 291. The van der Waals surface area contributed by atoms with Gasteiger partial charge in [0.1, 0.15) is 11.9 Å². The SMILES string of the molecule is CC(CN1C=CC=C(CCl)O1)OC(N)=O. The highest BCUT2D eigenvalue weighted by Gasteiger charge is 2.13. The third-order valence-electron chi connectivity index (χ3n) is 1.66. The maximum atomic E-state index is 10.5. The fourth-order valence-electron chi connectivity index (χ4n) is 1.11. The number of hydrogen-bond donors (Lipinski definition) is 1. The van der Waals surface area contributed by atoms with Crippen LogP contribution in [0.3, 0.4) is 0 Å². The van der Waals surface area contributed by atoms with Crippen molar-refractivity contribution in [3.8, 4) is 0 Å². The first kappa shape index (κ1) is 11.7. The highest BCUT2D eigenvalue weighted by Crippen LogP contribution is 2.11. The highest BCUT2D eigenvalue weighted by molar-refractivity contribution is 6.19. The minimum atomic E-state index is -0.795. The minimum absolute atomic E-state index is 0.298. The Morgan fingerprint density at radius 2 is 2.53 bits per heavy atom. The molecule has 5 nitrogen and oxygen atoms in total. The number of nitrogens with zero attached hydrogens (tertiary/aromatic N) is 1. The predicted molar refractivity (Wildman–Crippen MR) is 55.9 cm³/mol. The van der Waals surface area contributed by atoms with Crippen LogP contribution in [0, 0.1) is 0 Å². The Morgan fingerprint density at radius 3 is 3.13 bits per heavy atom. The van der Waals surface area contributed by atoms with Crippen molar-refractivity contribution in [1.29, 1.82) is 0 Å². The topological polar surface area (TPSA) is 64.8 Å². The molecule has 0 aromatic rings. The summed E-state index contributed by atoms with van der Waals surface area (Å²) in [6, 6.07) is 0. The molecule has 0 saturated carbocycles. The van der Waals surface area contributed by atoms with Crippen LogP contribution in [0.4, 0.5) is 4.79 Å². The third kappa shape index (κ3) is 4.12. The standard InChI is InChI=1S/C9H13ClN2O3/c1-7(14-9(11)13)6-12-4-2-3-8(5-10)15-12/h2-4,7H,5-6H2,1H3,(H2,11,13). The van der Waals surface area contributed by atoms with E-state index in [0.717, 1.165) is 0 Å². The Hall–Kier alpha value is -1.36. The number of nitrogens with two attached hydrogens (primary N) is 1. The first-order valence-electron chi connectivity index (χ1n) is 4.46. The number of carbonyl (C=O) groups excluding carboxylic acids is 1. The van der Waals surface area contributed by atoms with Gasteiger partial charge in [-0.25, -0.2) is 9.86 Å². The molecule has 1 aliphatic rings. The van der Waals surface area contributed by atoms with Crippen molar-refractivity contribution in [3.63, 3.8) is 0 Å². The predicted octanol–water partition coefficient (Wildman–Crippen LogP) is 1.35. The zero-order chi connectivity index (χ0) is 11.3. The van der Waals surface area contributed by atoms with Gasteiger partial charge in [-0.2, -0.15) is 0 Å². The summed E-state index contributed by atoms with van der Waals surface area (Å²) in [4.78, 5) is 15.8. The Morgan fingerprint density at radius 1 is 1.80 bits per heavy atom. The zero-order valence-corrected chi connectivity index (χ0v) is 9.11. The highest BCUT2D eigenvalue weighted by atomic mass is 35.5. The molecular weight excluding hydrogens is 220 g/mol. The Kier molecular flexibility index (Phi) is 4.30. The quantitative estimate of drug-likeness (QED) is 0.744. The summed E-state index contributed by atoms with van der Waals surface area (Å²) in [6.07, 6.45) is 4.15. The van der Waals surface area contributed by atoms with E-state index in [4.69, 9.17) is 26.9 Å². The molecule has 1 amide bonds. The lowest BCUT2D eigenvalue weighted by Crippen LogP contribution is -2.32. The molecule has 6 heteroatoms. The first-order chi connectivity index (χ1) is 7.11. The number of carbonyl (C=O) groups is 1. The first-order valence-corrected chi connectivity index (χ1v) is 4.99. The number of hydrogen-bond acceptors (Lipinski definition) is 4. The van der Waals surface area contributed by atoms with Gasteiger partial charge in [0, 0.05) is 6.20 Å². The normalized spacial score (nSPS) is 16.7. The van der Waals surface area contributed by atoms with Crippen LogP contribution in [0.2, 0.25) is 0 Å². The molecular formula is C9H13ClN2O3. The molecule has 0 saturated heterocycles. The van der Waals surface area contributed by atoms with Crippen molar-refractivity contribution in [3.05, 3.63) is 24.1 Å². The molecule has 1 unspecified atom stereocenters. The molecule has 1 aliphatic heterocycles. The number of alkyl halides is 1. The Labute approximate surface area is 93.0 Å². The average molecular weight is 233 g/mol. The van der Waals surface area contributed by atoms with Crippen LogP contribution in [0.25, 0.3) is 0 Å². The van der Waals surface area contributed by atoms with Gasteiger partial charge >= 0.3 is 6.09 Å². The monoisotopic (exact) mass is 232 g/mol. The summed E-state index contributed by atoms with van der Waals surface area (Å²) in [5.41, 5.74) is 4.88.